The van der Waals surface area contributed by atoms with Crippen molar-refractivity contribution < 1.29 is 19.1 Å². The molecule has 1 heterocycles. The van der Waals surface area contributed by atoms with Crippen molar-refractivity contribution in [3.05, 3.63) is 40.0 Å². The molecule has 1 aromatic carbocycles. The van der Waals surface area contributed by atoms with Gasteiger partial charge in [0.2, 0.25) is 0 Å². The smallest absolute Gasteiger partial charge is 0.343 e. The van der Waals surface area contributed by atoms with Gasteiger partial charge >= 0.3 is 5.97 Å². The van der Waals surface area contributed by atoms with Crippen LogP contribution in [0.4, 0.5) is 5.82 Å². The molecule has 0 fully saturated rings. The average molecular weight is 372 g/mol. The number of carbonyl (C=O) groups excluding carboxylic acids is 2. The summed E-state index contributed by atoms with van der Waals surface area (Å²) in [6.07, 6.45) is 1.32. The van der Waals surface area contributed by atoms with Gasteiger partial charge in [-0.2, -0.15) is 5.10 Å². The Hall–Kier alpha value is -2.25. The van der Waals surface area contributed by atoms with Crippen LogP contribution in [-0.4, -0.2) is 34.9 Å². The number of hydrogen-bond acceptors (Lipinski definition) is 5. The Balaban J connectivity index is 2.04. The minimum atomic E-state index is -0.570. The van der Waals surface area contributed by atoms with E-state index >= 15 is 0 Å². The van der Waals surface area contributed by atoms with Crippen LogP contribution in [0.3, 0.4) is 0 Å². The summed E-state index contributed by atoms with van der Waals surface area (Å²) in [6.45, 7) is 1.60. The first-order chi connectivity index (χ1) is 11.4. The van der Waals surface area contributed by atoms with Crippen molar-refractivity contribution in [3.63, 3.8) is 0 Å². The largest absolute Gasteiger partial charge is 0.482 e. The van der Waals surface area contributed by atoms with Crippen molar-refractivity contribution in [1.82, 2.24) is 9.78 Å². The van der Waals surface area contributed by atoms with E-state index in [0.717, 1.165) is 0 Å². The van der Waals surface area contributed by atoms with Crippen LogP contribution in [0, 0.1) is 0 Å². The van der Waals surface area contributed by atoms with Gasteiger partial charge in [0.25, 0.3) is 5.91 Å². The second-order valence-corrected chi connectivity index (χ2v) is 5.51. The average Bonchev–Trinajstić information content (AvgIpc) is 2.89. The van der Waals surface area contributed by atoms with Gasteiger partial charge in [0.05, 0.1) is 17.8 Å². The second kappa shape index (κ2) is 8.03. The number of hydrogen-bond donors (Lipinski definition) is 1. The van der Waals surface area contributed by atoms with Gasteiger partial charge < -0.3 is 14.8 Å². The molecular weight excluding hydrogens is 357 g/mol. The molecule has 9 heteroatoms. The van der Waals surface area contributed by atoms with Crippen molar-refractivity contribution in [3.8, 4) is 5.75 Å². The standard InChI is InChI=1S/C15H15Cl2N3O4/c1-3-23-15(22)10-7-18-20(2)14(10)19-13(21)8-24-12-6-9(16)4-5-11(12)17/h4-7H,3,8H2,1-2H3,(H,19,21). The number of anilines is 1. The van der Waals surface area contributed by atoms with E-state index in [1.54, 1.807) is 26.1 Å². The van der Waals surface area contributed by atoms with Crippen molar-refractivity contribution in [1.29, 1.82) is 0 Å². The van der Waals surface area contributed by atoms with Crippen molar-refractivity contribution in [2.24, 2.45) is 7.05 Å². The number of rotatable bonds is 6. The zero-order valence-electron chi connectivity index (χ0n) is 13.0. The van der Waals surface area contributed by atoms with Gasteiger partial charge in [-0.3, -0.25) is 9.48 Å². The van der Waals surface area contributed by atoms with Crippen molar-refractivity contribution >= 4 is 40.9 Å². The quantitative estimate of drug-likeness (QED) is 0.789. The number of nitrogens with one attached hydrogen (secondary N) is 1. The van der Waals surface area contributed by atoms with Crippen LogP contribution in [0.2, 0.25) is 10.0 Å². The summed E-state index contributed by atoms with van der Waals surface area (Å²) >= 11 is 11.8. The summed E-state index contributed by atoms with van der Waals surface area (Å²) in [5, 5.41) is 7.27. The molecule has 0 bridgehead atoms. The van der Waals surface area contributed by atoms with Gasteiger partial charge in [-0.1, -0.05) is 23.2 Å². The summed E-state index contributed by atoms with van der Waals surface area (Å²) in [5.41, 5.74) is 0.161. The van der Waals surface area contributed by atoms with Gasteiger partial charge in [0.15, 0.2) is 6.61 Å². The molecule has 0 radical (unpaired) electrons. The van der Waals surface area contributed by atoms with Crippen LogP contribution < -0.4 is 10.1 Å². The predicted molar refractivity (Wildman–Crippen MR) is 89.8 cm³/mol. The van der Waals surface area contributed by atoms with Crippen LogP contribution in [-0.2, 0) is 16.6 Å². The minimum absolute atomic E-state index is 0.161. The summed E-state index contributed by atoms with van der Waals surface area (Å²) in [6, 6.07) is 4.68. The van der Waals surface area contributed by atoms with Crippen LogP contribution >= 0.6 is 23.2 Å². The molecule has 0 aliphatic heterocycles. The fraction of sp³-hybridized carbons (Fsp3) is 0.267. The number of benzene rings is 1. The number of carbonyl (C=O) groups is 2. The number of aryl methyl sites for hydroxylation is 1. The second-order valence-electron chi connectivity index (χ2n) is 4.66. The number of nitrogens with zero attached hydrogens (tertiary/aromatic N) is 2. The first-order valence-electron chi connectivity index (χ1n) is 6.99. The summed E-state index contributed by atoms with van der Waals surface area (Å²) in [5.74, 6) is -0.547. The van der Waals surface area contributed by atoms with Crippen LogP contribution in [0.5, 0.6) is 5.75 Å². The Kier molecular flexibility index (Phi) is 6.05. The van der Waals surface area contributed by atoms with E-state index in [2.05, 4.69) is 10.4 Å². The van der Waals surface area contributed by atoms with Crippen LogP contribution in [0.15, 0.2) is 24.4 Å². The SMILES string of the molecule is CCOC(=O)c1cnn(C)c1NC(=O)COc1cc(Cl)ccc1Cl. The number of esters is 1. The molecule has 2 aromatic rings. The molecule has 0 unspecified atom stereocenters. The van der Waals surface area contributed by atoms with Gasteiger partial charge in [0.1, 0.15) is 17.1 Å². The molecule has 0 saturated heterocycles. The monoisotopic (exact) mass is 371 g/mol. The summed E-state index contributed by atoms with van der Waals surface area (Å²) < 4.78 is 11.6. The Labute approximate surface area is 148 Å². The van der Waals surface area contributed by atoms with Crippen LogP contribution in [0.25, 0.3) is 0 Å². The fourth-order valence-corrected chi connectivity index (χ4v) is 2.18. The lowest BCUT2D eigenvalue weighted by molar-refractivity contribution is -0.118. The number of halogens is 2. The van der Waals surface area contributed by atoms with Crippen LogP contribution in [0.1, 0.15) is 17.3 Å². The highest BCUT2D eigenvalue weighted by Gasteiger charge is 2.19. The third kappa shape index (κ3) is 4.39. The maximum absolute atomic E-state index is 12.1. The molecule has 0 saturated carbocycles. The first kappa shape index (κ1) is 18.1. The molecule has 128 valence electrons. The van der Waals surface area contributed by atoms with E-state index in [9.17, 15) is 9.59 Å². The maximum Gasteiger partial charge on any atom is 0.343 e. The third-order valence-electron chi connectivity index (χ3n) is 2.94. The number of amides is 1. The zero-order chi connectivity index (χ0) is 17.7. The first-order valence-corrected chi connectivity index (χ1v) is 7.74. The van der Waals surface area contributed by atoms with Crippen molar-refractivity contribution in [2.45, 2.75) is 6.92 Å². The molecule has 1 aromatic heterocycles. The molecule has 0 aliphatic rings. The lowest BCUT2D eigenvalue weighted by atomic mass is 10.3. The summed E-state index contributed by atoms with van der Waals surface area (Å²) in [4.78, 5) is 23.9. The summed E-state index contributed by atoms with van der Waals surface area (Å²) in [7, 11) is 1.59. The van der Waals surface area contributed by atoms with Gasteiger partial charge in [-0.05, 0) is 19.1 Å². The van der Waals surface area contributed by atoms with Gasteiger partial charge in [0, 0.05) is 18.1 Å². The molecule has 24 heavy (non-hydrogen) atoms. The molecule has 0 aliphatic carbocycles. The maximum atomic E-state index is 12.1. The lowest BCUT2D eigenvalue weighted by Gasteiger charge is -2.10. The molecule has 1 amide bonds. The molecule has 7 nitrogen and oxygen atoms in total. The Morgan fingerprint density at radius 2 is 2.08 bits per heavy atom. The van der Waals surface area contributed by atoms with Gasteiger partial charge in [-0.15, -0.1) is 0 Å². The molecule has 2 rings (SSSR count). The van der Waals surface area contributed by atoms with E-state index in [1.807, 2.05) is 0 Å². The highest BCUT2D eigenvalue weighted by Crippen LogP contribution is 2.27. The Morgan fingerprint density at radius 1 is 1.33 bits per heavy atom. The predicted octanol–water partition coefficient (Wildman–Crippen LogP) is 2.92. The van der Waals surface area contributed by atoms with E-state index < -0.39 is 11.9 Å². The molecular formula is C15H15Cl2N3O4. The fourth-order valence-electron chi connectivity index (χ4n) is 1.84. The van der Waals surface area contributed by atoms with E-state index in [4.69, 9.17) is 32.7 Å². The highest BCUT2D eigenvalue weighted by atomic mass is 35.5. The number of ether oxygens (including phenoxy) is 2. The van der Waals surface area contributed by atoms with E-state index in [0.29, 0.717) is 10.0 Å². The van der Waals surface area contributed by atoms with E-state index in [-0.39, 0.29) is 30.3 Å². The molecule has 0 atom stereocenters. The van der Waals surface area contributed by atoms with Crippen molar-refractivity contribution in [2.75, 3.05) is 18.5 Å². The molecule has 0 spiro atoms. The normalized spacial score (nSPS) is 10.3. The highest BCUT2D eigenvalue weighted by molar-refractivity contribution is 6.34. The Morgan fingerprint density at radius 3 is 2.79 bits per heavy atom. The Bertz CT molecular complexity index is 761. The van der Waals surface area contributed by atoms with E-state index in [1.165, 1.54) is 16.9 Å². The number of aromatic nitrogens is 2. The topological polar surface area (TPSA) is 82.5 Å². The molecule has 1 N–H and O–H groups in total. The minimum Gasteiger partial charge on any atom is -0.482 e. The lowest BCUT2D eigenvalue weighted by Crippen LogP contribution is -2.23. The van der Waals surface area contributed by atoms with Gasteiger partial charge in [-0.25, -0.2) is 4.79 Å². The third-order valence-corrected chi connectivity index (χ3v) is 3.49. The zero-order valence-corrected chi connectivity index (χ0v) is 14.5.